The van der Waals surface area contributed by atoms with Crippen molar-refractivity contribution >= 4 is 0 Å². The number of hydrogen-bond donors (Lipinski definition) is 1. The topological polar surface area (TPSA) is 34.2 Å². The highest BCUT2D eigenvalue weighted by Crippen LogP contribution is 2.25. The van der Waals surface area contributed by atoms with E-state index in [1.165, 1.54) is 0 Å². The molecule has 120 valence electrons. The van der Waals surface area contributed by atoms with Crippen molar-refractivity contribution in [2.45, 2.75) is 58.9 Å². The number of aromatic nitrogens is 1. The number of ether oxygens (including phenoxy) is 1. The Morgan fingerprint density at radius 1 is 1.24 bits per heavy atom. The van der Waals surface area contributed by atoms with Crippen molar-refractivity contribution in [3.05, 3.63) is 23.4 Å². The van der Waals surface area contributed by atoms with E-state index in [9.17, 15) is 13.2 Å². The molecule has 0 radical (unpaired) electrons. The fraction of sp³-hybridized carbons (Fsp3) is 0.667. The molecule has 6 heteroatoms. The van der Waals surface area contributed by atoms with Gasteiger partial charge in [0.25, 0.3) is 0 Å². The minimum atomic E-state index is -4.39. The van der Waals surface area contributed by atoms with Gasteiger partial charge in [-0.1, -0.05) is 20.3 Å². The average Bonchev–Trinajstić information content (AvgIpc) is 2.38. The molecule has 21 heavy (non-hydrogen) atoms. The minimum absolute atomic E-state index is 0.0408. The Labute approximate surface area is 123 Å². The van der Waals surface area contributed by atoms with Crippen molar-refractivity contribution in [2.75, 3.05) is 6.54 Å². The zero-order chi connectivity index (χ0) is 15.9. The van der Waals surface area contributed by atoms with Gasteiger partial charge in [-0.25, -0.2) is 4.98 Å². The fourth-order valence-electron chi connectivity index (χ4n) is 1.82. The van der Waals surface area contributed by atoms with Gasteiger partial charge in [-0.2, -0.15) is 13.2 Å². The standard InChI is InChI=1S/C15H23F3N2O/c1-4-6-13-8-12(10-19-7-5-2)9-14(20-13)21-11(3)15(16,17)18/h8-9,11,19H,4-7,10H2,1-3H3. The third kappa shape index (κ3) is 6.33. The molecule has 0 aliphatic rings. The number of nitrogens with one attached hydrogen (secondary N) is 1. The van der Waals surface area contributed by atoms with E-state index in [4.69, 9.17) is 4.74 Å². The molecule has 0 amide bonds. The molecule has 0 aliphatic carbocycles. The van der Waals surface area contributed by atoms with Crippen LogP contribution in [0.4, 0.5) is 13.2 Å². The number of rotatable bonds is 8. The second-order valence-electron chi connectivity index (χ2n) is 5.03. The molecule has 0 spiro atoms. The Morgan fingerprint density at radius 3 is 2.52 bits per heavy atom. The normalized spacial score (nSPS) is 13.2. The summed E-state index contributed by atoms with van der Waals surface area (Å²) in [6.07, 6.45) is -3.64. The Morgan fingerprint density at radius 2 is 1.95 bits per heavy atom. The van der Waals surface area contributed by atoms with Crippen LogP contribution in [0.5, 0.6) is 5.88 Å². The molecule has 1 atom stereocenters. The number of nitrogens with zero attached hydrogens (tertiary/aromatic N) is 1. The maximum atomic E-state index is 12.6. The third-order valence-electron chi connectivity index (χ3n) is 2.94. The van der Waals surface area contributed by atoms with Crippen LogP contribution in [-0.2, 0) is 13.0 Å². The number of aryl methyl sites for hydroxylation is 1. The SMILES string of the molecule is CCCNCc1cc(CCC)nc(OC(C)C(F)(F)F)c1. The van der Waals surface area contributed by atoms with E-state index in [-0.39, 0.29) is 5.88 Å². The van der Waals surface area contributed by atoms with Crippen molar-refractivity contribution in [3.8, 4) is 5.88 Å². The van der Waals surface area contributed by atoms with Gasteiger partial charge in [-0.05, 0) is 37.9 Å². The summed E-state index contributed by atoms with van der Waals surface area (Å²) in [5.74, 6) is 0.0408. The summed E-state index contributed by atoms with van der Waals surface area (Å²) in [4.78, 5) is 4.15. The smallest absolute Gasteiger partial charge is 0.425 e. The fourth-order valence-corrected chi connectivity index (χ4v) is 1.82. The summed E-state index contributed by atoms with van der Waals surface area (Å²) >= 11 is 0. The van der Waals surface area contributed by atoms with E-state index in [2.05, 4.69) is 17.2 Å². The Hall–Kier alpha value is -1.30. The van der Waals surface area contributed by atoms with Gasteiger partial charge in [-0.15, -0.1) is 0 Å². The van der Waals surface area contributed by atoms with Crippen LogP contribution in [0.25, 0.3) is 0 Å². The van der Waals surface area contributed by atoms with Crippen LogP contribution in [0.3, 0.4) is 0 Å². The van der Waals surface area contributed by atoms with Crippen LogP contribution >= 0.6 is 0 Å². The molecule has 1 heterocycles. The molecule has 0 saturated heterocycles. The van der Waals surface area contributed by atoms with Crippen LogP contribution in [0, 0.1) is 0 Å². The molecule has 1 rings (SSSR count). The lowest BCUT2D eigenvalue weighted by atomic mass is 10.1. The first kappa shape index (κ1) is 17.8. The van der Waals surface area contributed by atoms with E-state index in [0.717, 1.165) is 44.0 Å². The molecule has 0 saturated carbocycles. The summed E-state index contributed by atoms with van der Waals surface area (Å²) in [6.45, 7) is 6.51. The molecule has 1 aromatic heterocycles. The van der Waals surface area contributed by atoms with Gasteiger partial charge >= 0.3 is 6.18 Å². The molecule has 3 nitrogen and oxygen atoms in total. The van der Waals surface area contributed by atoms with Gasteiger partial charge < -0.3 is 10.1 Å². The monoisotopic (exact) mass is 304 g/mol. The zero-order valence-electron chi connectivity index (χ0n) is 12.8. The highest BCUT2D eigenvalue weighted by molar-refractivity contribution is 5.25. The maximum Gasteiger partial charge on any atom is 0.425 e. The Balaban J connectivity index is 2.85. The lowest BCUT2D eigenvalue weighted by Crippen LogP contribution is -2.31. The molecule has 0 fully saturated rings. The molecule has 1 unspecified atom stereocenters. The number of alkyl halides is 3. The molecule has 1 N–H and O–H groups in total. The van der Waals surface area contributed by atoms with Gasteiger partial charge in [0.2, 0.25) is 5.88 Å². The lowest BCUT2D eigenvalue weighted by molar-refractivity contribution is -0.190. The summed E-state index contributed by atoms with van der Waals surface area (Å²) < 4.78 is 42.7. The summed E-state index contributed by atoms with van der Waals surface area (Å²) in [6, 6.07) is 3.49. The van der Waals surface area contributed by atoms with Gasteiger partial charge in [0, 0.05) is 18.3 Å². The van der Waals surface area contributed by atoms with Crippen molar-refractivity contribution in [2.24, 2.45) is 0 Å². The average molecular weight is 304 g/mol. The highest BCUT2D eigenvalue weighted by atomic mass is 19.4. The first-order valence-corrected chi connectivity index (χ1v) is 7.30. The highest BCUT2D eigenvalue weighted by Gasteiger charge is 2.38. The largest absolute Gasteiger partial charge is 0.465 e. The molecule has 1 aromatic rings. The van der Waals surface area contributed by atoms with Gasteiger partial charge in [0.15, 0.2) is 6.10 Å². The van der Waals surface area contributed by atoms with Crippen molar-refractivity contribution in [1.82, 2.24) is 10.3 Å². The van der Waals surface area contributed by atoms with Crippen LogP contribution in [-0.4, -0.2) is 23.8 Å². The molecule has 0 aromatic carbocycles. The van der Waals surface area contributed by atoms with Gasteiger partial charge in [0.05, 0.1) is 0 Å². The summed E-state index contributed by atoms with van der Waals surface area (Å²) in [5.41, 5.74) is 1.66. The quantitative estimate of drug-likeness (QED) is 0.740. The molecular formula is C15H23F3N2O. The van der Waals surface area contributed by atoms with Crippen molar-refractivity contribution in [3.63, 3.8) is 0 Å². The molecule has 0 bridgehead atoms. The minimum Gasteiger partial charge on any atom is -0.465 e. The maximum absolute atomic E-state index is 12.6. The van der Waals surface area contributed by atoms with Gasteiger partial charge in [0.1, 0.15) is 0 Å². The van der Waals surface area contributed by atoms with Crippen molar-refractivity contribution < 1.29 is 17.9 Å². The third-order valence-corrected chi connectivity index (χ3v) is 2.94. The van der Waals surface area contributed by atoms with E-state index in [0.29, 0.717) is 6.54 Å². The summed E-state index contributed by atoms with van der Waals surface area (Å²) in [7, 11) is 0. The van der Waals surface area contributed by atoms with Gasteiger partial charge in [-0.3, -0.25) is 0 Å². The zero-order valence-corrected chi connectivity index (χ0v) is 12.8. The molecule has 0 aliphatic heterocycles. The van der Waals surface area contributed by atoms with Crippen LogP contribution < -0.4 is 10.1 Å². The van der Waals surface area contributed by atoms with E-state index in [1.807, 2.05) is 13.0 Å². The van der Waals surface area contributed by atoms with Crippen LogP contribution in [0.2, 0.25) is 0 Å². The second kappa shape index (κ2) is 8.22. The first-order chi connectivity index (χ1) is 9.86. The molecular weight excluding hydrogens is 281 g/mol. The van der Waals surface area contributed by atoms with E-state index < -0.39 is 12.3 Å². The van der Waals surface area contributed by atoms with Crippen LogP contribution in [0.15, 0.2) is 12.1 Å². The van der Waals surface area contributed by atoms with Crippen molar-refractivity contribution in [1.29, 1.82) is 0 Å². The number of halogens is 3. The number of hydrogen-bond acceptors (Lipinski definition) is 3. The second-order valence-corrected chi connectivity index (χ2v) is 5.03. The predicted molar refractivity (Wildman–Crippen MR) is 76.4 cm³/mol. The predicted octanol–water partition coefficient (Wildman–Crippen LogP) is 3.86. The first-order valence-electron chi connectivity index (χ1n) is 7.30. The summed E-state index contributed by atoms with van der Waals surface area (Å²) in [5, 5.41) is 3.23. The van der Waals surface area contributed by atoms with E-state index in [1.54, 1.807) is 6.07 Å². The Bertz CT molecular complexity index is 435. The van der Waals surface area contributed by atoms with Crippen LogP contribution in [0.1, 0.15) is 44.9 Å². The van der Waals surface area contributed by atoms with E-state index >= 15 is 0 Å². The lowest BCUT2D eigenvalue weighted by Gasteiger charge is -2.18. The Kier molecular flexibility index (Phi) is 6.95. The number of pyridine rings is 1.